The Morgan fingerprint density at radius 3 is 3.00 bits per heavy atom. The summed E-state index contributed by atoms with van der Waals surface area (Å²) in [6, 6.07) is 3.87. The first-order valence-corrected chi connectivity index (χ1v) is 4.95. The summed E-state index contributed by atoms with van der Waals surface area (Å²) >= 11 is 0. The number of carbonyl (C=O) groups excluding carboxylic acids is 1. The molecule has 2 rings (SSSR count). The van der Waals surface area contributed by atoms with Gasteiger partial charge < -0.3 is 9.15 Å². The van der Waals surface area contributed by atoms with Crippen LogP contribution in [0.1, 0.15) is 30.8 Å². The molecule has 3 heteroatoms. The van der Waals surface area contributed by atoms with Gasteiger partial charge in [-0.2, -0.15) is 0 Å². The first-order valence-electron chi connectivity index (χ1n) is 4.95. The lowest BCUT2D eigenvalue weighted by Gasteiger charge is -1.98. The first kappa shape index (κ1) is 9.31. The van der Waals surface area contributed by atoms with Crippen molar-refractivity contribution in [2.45, 2.75) is 26.2 Å². The van der Waals surface area contributed by atoms with Gasteiger partial charge in [-0.25, -0.2) is 0 Å². The van der Waals surface area contributed by atoms with E-state index in [1.165, 1.54) is 0 Å². The molecule has 1 aromatic heterocycles. The molecule has 0 bridgehead atoms. The largest absolute Gasteiger partial charge is 0.466 e. The lowest BCUT2D eigenvalue weighted by atomic mass is 10.2. The predicted octanol–water partition coefficient (Wildman–Crippen LogP) is 2.25. The van der Waals surface area contributed by atoms with E-state index in [-0.39, 0.29) is 17.8 Å². The second-order valence-electron chi connectivity index (χ2n) is 3.65. The first-order chi connectivity index (χ1) is 6.72. The van der Waals surface area contributed by atoms with Crippen LogP contribution in [0.4, 0.5) is 0 Å². The third kappa shape index (κ3) is 1.67. The minimum Gasteiger partial charge on any atom is -0.466 e. The van der Waals surface area contributed by atoms with Crippen molar-refractivity contribution < 1.29 is 13.9 Å². The van der Waals surface area contributed by atoms with Gasteiger partial charge in [0.15, 0.2) is 0 Å². The fraction of sp³-hybridized carbons (Fsp3) is 0.545. The molecule has 0 spiro atoms. The highest BCUT2D eigenvalue weighted by Crippen LogP contribution is 2.48. The maximum Gasteiger partial charge on any atom is 0.309 e. The van der Waals surface area contributed by atoms with Crippen LogP contribution < -0.4 is 0 Å². The molecular weight excluding hydrogens is 180 g/mol. The van der Waals surface area contributed by atoms with E-state index < -0.39 is 0 Å². The van der Waals surface area contributed by atoms with E-state index in [0.717, 1.165) is 17.9 Å². The molecule has 1 saturated carbocycles. The highest BCUT2D eigenvalue weighted by atomic mass is 16.5. The Hall–Kier alpha value is -1.25. The molecule has 0 aliphatic heterocycles. The summed E-state index contributed by atoms with van der Waals surface area (Å²) in [5.74, 6) is 2.00. The number of hydrogen-bond acceptors (Lipinski definition) is 3. The van der Waals surface area contributed by atoms with Gasteiger partial charge in [0, 0.05) is 5.92 Å². The van der Waals surface area contributed by atoms with Crippen molar-refractivity contribution in [3.63, 3.8) is 0 Å². The van der Waals surface area contributed by atoms with E-state index in [0.29, 0.717) is 6.61 Å². The molecule has 1 aliphatic rings. The Labute approximate surface area is 83.0 Å². The minimum absolute atomic E-state index is 0.0282. The van der Waals surface area contributed by atoms with Gasteiger partial charge >= 0.3 is 5.97 Å². The minimum atomic E-state index is -0.0912. The zero-order chi connectivity index (χ0) is 10.1. The lowest BCUT2D eigenvalue weighted by Crippen LogP contribution is -2.06. The molecular formula is C11H14O3. The zero-order valence-electron chi connectivity index (χ0n) is 8.45. The fourth-order valence-electron chi connectivity index (χ4n) is 1.67. The van der Waals surface area contributed by atoms with Crippen LogP contribution >= 0.6 is 0 Å². The van der Waals surface area contributed by atoms with Crippen LogP contribution in [0.3, 0.4) is 0 Å². The molecule has 0 radical (unpaired) electrons. The number of hydrogen-bond donors (Lipinski definition) is 0. The van der Waals surface area contributed by atoms with Gasteiger partial charge in [0.05, 0.1) is 12.5 Å². The van der Waals surface area contributed by atoms with E-state index in [1.807, 2.05) is 26.0 Å². The van der Waals surface area contributed by atoms with Crippen molar-refractivity contribution in [2.75, 3.05) is 6.61 Å². The molecule has 1 fully saturated rings. The summed E-state index contributed by atoms with van der Waals surface area (Å²) in [6.07, 6.45) is 0.867. The van der Waals surface area contributed by atoms with Crippen LogP contribution in [0, 0.1) is 12.8 Å². The molecule has 3 nitrogen and oxygen atoms in total. The van der Waals surface area contributed by atoms with Crippen LogP contribution in [0.15, 0.2) is 16.5 Å². The number of rotatable bonds is 3. The Morgan fingerprint density at radius 1 is 1.64 bits per heavy atom. The molecule has 1 aliphatic carbocycles. The summed E-state index contributed by atoms with van der Waals surface area (Å²) in [4.78, 5) is 11.3. The number of carbonyl (C=O) groups is 1. The Morgan fingerprint density at radius 2 is 2.43 bits per heavy atom. The van der Waals surface area contributed by atoms with Crippen molar-refractivity contribution in [1.29, 1.82) is 0 Å². The van der Waals surface area contributed by atoms with E-state index in [1.54, 1.807) is 0 Å². The monoisotopic (exact) mass is 194 g/mol. The van der Waals surface area contributed by atoms with Crippen molar-refractivity contribution in [3.05, 3.63) is 23.7 Å². The van der Waals surface area contributed by atoms with Gasteiger partial charge in [0.2, 0.25) is 0 Å². The Bertz CT molecular complexity index is 340. The number of furan rings is 1. The summed E-state index contributed by atoms with van der Waals surface area (Å²) in [6.45, 7) is 4.19. The number of ether oxygens (including phenoxy) is 1. The highest BCUT2D eigenvalue weighted by molar-refractivity contribution is 5.77. The van der Waals surface area contributed by atoms with E-state index in [4.69, 9.17) is 9.15 Å². The maximum absolute atomic E-state index is 11.3. The van der Waals surface area contributed by atoms with Crippen LogP contribution in [-0.4, -0.2) is 12.6 Å². The second kappa shape index (κ2) is 3.48. The van der Waals surface area contributed by atoms with Gasteiger partial charge in [-0.05, 0) is 32.4 Å². The van der Waals surface area contributed by atoms with Crippen LogP contribution in [0.2, 0.25) is 0 Å². The van der Waals surface area contributed by atoms with Crippen LogP contribution in [0.5, 0.6) is 0 Å². The predicted molar refractivity (Wildman–Crippen MR) is 50.9 cm³/mol. The molecule has 14 heavy (non-hydrogen) atoms. The zero-order valence-corrected chi connectivity index (χ0v) is 8.45. The molecule has 0 amide bonds. The van der Waals surface area contributed by atoms with Crippen molar-refractivity contribution in [2.24, 2.45) is 5.92 Å². The van der Waals surface area contributed by atoms with Gasteiger partial charge in [-0.3, -0.25) is 4.79 Å². The molecule has 0 saturated heterocycles. The van der Waals surface area contributed by atoms with E-state index in [9.17, 15) is 4.79 Å². The topological polar surface area (TPSA) is 39.4 Å². The summed E-state index contributed by atoms with van der Waals surface area (Å²) in [5, 5.41) is 0. The van der Waals surface area contributed by atoms with Crippen molar-refractivity contribution in [1.82, 2.24) is 0 Å². The number of esters is 1. The molecule has 1 heterocycles. The molecule has 0 aromatic carbocycles. The average molecular weight is 194 g/mol. The third-order valence-electron chi connectivity index (χ3n) is 2.51. The normalized spacial score (nSPS) is 24.7. The number of aryl methyl sites for hydroxylation is 1. The lowest BCUT2D eigenvalue weighted by molar-refractivity contribution is -0.144. The second-order valence-corrected chi connectivity index (χ2v) is 3.65. The quantitative estimate of drug-likeness (QED) is 0.693. The summed E-state index contributed by atoms with van der Waals surface area (Å²) < 4.78 is 10.4. The molecule has 2 unspecified atom stereocenters. The SMILES string of the molecule is CCOC(=O)C1CC1c1ccc(C)o1. The Balaban J connectivity index is 1.96. The van der Waals surface area contributed by atoms with Gasteiger partial charge in [0.25, 0.3) is 0 Å². The van der Waals surface area contributed by atoms with Crippen molar-refractivity contribution in [3.8, 4) is 0 Å². The molecule has 0 N–H and O–H groups in total. The van der Waals surface area contributed by atoms with Crippen molar-refractivity contribution >= 4 is 5.97 Å². The smallest absolute Gasteiger partial charge is 0.309 e. The van der Waals surface area contributed by atoms with Crippen LogP contribution in [-0.2, 0) is 9.53 Å². The molecule has 2 atom stereocenters. The van der Waals surface area contributed by atoms with Gasteiger partial charge in [-0.1, -0.05) is 0 Å². The van der Waals surface area contributed by atoms with Gasteiger partial charge in [0.1, 0.15) is 11.5 Å². The van der Waals surface area contributed by atoms with E-state index >= 15 is 0 Å². The maximum atomic E-state index is 11.3. The van der Waals surface area contributed by atoms with Crippen LogP contribution in [0.25, 0.3) is 0 Å². The standard InChI is InChI=1S/C11H14O3/c1-3-13-11(12)9-6-8(9)10-5-4-7(2)14-10/h4-5,8-9H,3,6H2,1-2H3. The average Bonchev–Trinajstić information content (AvgIpc) is 2.84. The third-order valence-corrected chi connectivity index (χ3v) is 2.51. The molecule has 1 aromatic rings. The van der Waals surface area contributed by atoms with E-state index in [2.05, 4.69) is 0 Å². The summed E-state index contributed by atoms with van der Waals surface area (Å²) in [7, 11) is 0. The summed E-state index contributed by atoms with van der Waals surface area (Å²) in [5.41, 5.74) is 0. The fourth-order valence-corrected chi connectivity index (χ4v) is 1.67. The highest BCUT2D eigenvalue weighted by Gasteiger charge is 2.47. The molecule has 76 valence electrons. The van der Waals surface area contributed by atoms with Gasteiger partial charge in [-0.15, -0.1) is 0 Å². The Kier molecular flexibility index (Phi) is 2.32.